The molecule has 1 atom stereocenters. The quantitative estimate of drug-likeness (QED) is 0.617. The molecule has 1 unspecified atom stereocenters. The first kappa shape index (κ1) is 11.0. The highest BCUT2D eigenvalue weighted by Crippen LogP contribution is 2.18. The molecule has 0 radical (unpaired) electrons. The van der Waals surface area contributed by atoms with Crippen LogP contribution in [0.5, 0.6) is 0 Å². The van der Waals surface area contributed by atoms with Crippen molar-refractivity contribution in [1.82, 2.24) is 4.90 Å². The maximum Gasteiger partial charge on any atom is 0.0624 e. The molecular weight excluding hydrogens is 164 g/mol. The third-order valence-electron chi connectivity index (χ3n) is 2.86. The van der Waals surface area contributed by atoms with Crippen LogP contribution in [0.2, 0.25) is 0 Å². The summed E-state index contributed by atoms with van der Waals surface area (Å²) in [5.74, 6) is 0. The zero-order chi connectivity index (χ0) is 9.73. The summed E-state index contributed by atoms with van der Waals surface area (Å²) in [6, 6.07) is 0. The molecule has 78 valence electrons. The largest absolute Gasteiger partial charge is 0.394 e. The molecule has 0 aromatic carbocycles. The van der Waals surface area contributed by atoms with Crippen LogP contribution in [0.1, 0.15) is 32.6 Å². The number of nitrogens with zero attached hydrogens (tertiary/aromatic N) is 1. The summed E-state index contributed by atoms with van der Waals surface area (Å²) in [6.45, 7) is 5.41. The molecule has 0 saturated carbocycles. The van der Waals surface area contributed by atoms with Crippen molar-refractivity contribution in [1.29, 1.82) is 0 Å². The normalized spacial score (nSPS) is 29.8. The summed E-state index contributed by atoms with van der Waals surface area (Å²) in [5.41, 5.74) is 5.65. The van der Waals surface area contributed by atoms with Gasteiger partial charge < -0.3 is 15.7 Å². The highest BCUT2D eigenvalue weighted by molar-refractivity contribution is 4.93. The molecule has 0 spiro atoms. The molecule has 1 heterocycles. The predicted molar refractivity (Wildman–Crippen MR) is 54.6 cm³/mol. The van der Waals surface area contributed by atoms with E-state index in [0.717, 1.165) is 26.1 Å². The predicted octanol–water partition coefficient (Wildman–Crippen LogP) is 0.572. The zero-order valence-corrected chi connectivity index (χ0v) is 8.63. The van der Waals surface area contributed by atoms with Crippen molar-refractivity contribution in [2.75, 3.05) is 26.2 Å². The van der Waals surface area contributed by atoms with Crippen LogP contribution in [0.25, 0.3) is 0 Å². The lowest BCUT2D eigenvalue weighted by molar-refractivity contribution is 0.193. The average molecular weight is 186 g/mol. The monoisotopic (exact) mass is 186 g/mol. The van der Waals surface area contributed by atoms with Gasteiger partial charge in [-0.25, -0.2) is 0 Å². The van der Waals surface area contributed by atoms with Crippen molar-refractivity contribution in [3.05, 3.63) is 0 Å². The van der Waals surface area contributed by atoms with Gasteiger partial charge in [0, 0.05) is 13.1 Å². The minimum Gasteiger partial charge on any atom is -0.394 e. The fourth-order valence-corrected chi connectivity index (χ4v) is 1.89. The Kier molecular flexibility index (Phi) is 4.16. The van der Waals surface area contributed by atoms with E-state index >= 15 is 0 Å². The highest BCUT2D eigenvalue weighted by atomic mass is 16.3. The van der Waals surface area contributed by atoms with Gasteiger partial charge in [0.2, 0.25) is 0 Å². The first-order valence-corrected chi connectivity index (χ1v) is 5.32. The van der Waals surface area contributed by atoms with Crippen LogP contribution in [0.3, 0.4) is 0 Å². The Morgan fingerprint density at radius 2 is 2.23 bits per heavy atom. The first-order chi connectivity index (χ1) is 6.20. The lowest BCUT2D eigenvalue weighted by Gasteiger charge is -2.21. The zero-order valence-electron chi connectivity index (χ0n) is 8.63. The summed E-state index contributed by atoms with van der Waals surface area (Å²) in [6.07, 6.45) is 4.77. The van der Waals surface area contributed by atoms with Crippen LogP contribution in [0.4, 0.5) is 0 Å². The van der Waals surface area contributed by atoms with Crippen LogP contribution >= 0.6 is 0 Å². The molecule has 3 heteroatoms. The average Bonchev–Trinajstić information content (AvgIpc) is 2.50. The summed E-state index contributed by atoms with van der Waals surface area (Å²) < 4.78 is 0. The van der Waals surface area contributed by atoms with Gasteiger partial charge in [-0.15, -0.1) is 0 Å². The molecule has 1 rings (SSSR count). The second-order valence-electron chi connectivity index (χ2n) is 4.25. The van der Waals surface area contributed by atoms with Crippen molar-refractivity contribution in [2.24, 2.45) is 5.73 Å². The lowest BCUT2D eigenvalue weighted by Crippen LogP contribution is -2.46. The molecule has 0 bridgehead atoms. The van der Waals surface area contributed by atoms with Gasteiger partial charge >= 0.3 is 0 Å². The molecule has 0 aromatic rings. The van der Waals surface area contributed by atoms with Gasteiger partial charge in [-0.1, -0.05) is 19.8 Å². The van der Waals surface area contributed by atoms with Crippen LogP contribution in [-0.4, -0.2) is 41.8 Å². The van der Waals surface area contributed by atoms with E-state index in [1.165, 1.54) is 19.3 Å². The number of aliphatic hydroxyl groups excluding tert-OH is 1. The Morgan fingerprint density at radius 3 is 2.77 bits per heavy atom. The van der Waals surface area contributed by atoms with Gasteiger partial charge in [0.15, 0.2) is 0 Å². The number of aliphatic hydroxyl groups is 1. The fraction of sp³-hybridized carbons (Fsp3) is 1.00. The van der Waals surface area contributed by atoms with E-state index in [9.17, 15) is 0 Å². The molecule has 3 N–H and O–H groups in total. The molecular formula is C10H22N2O. The SMILES string of the molecule is CCCCCN1CCC(N)(CO)C1. The third-order valence-corrected chi connectivity index (χ3v) is 2.86. The molecule has 1 saturated heterocycles. The van der Waals surface area contributed by atoms with Gasteiger partial charge in [0.25, 0.3) is 0 Å². The van der Waals surface area contributed by atoms with Crippen LogP contribution in [0.15, 0.2) is 0 Å². The highest BCUT2D eigenvalue weighted by Gasteiger charge is 2.32. The third kappa shape index (κ3) is 3.25. The number of nitrogens with two attached hydrogens (primary N) is 1. The molecule has 1 aliphatic heterocycles. The van der Waals surface area contributed by atoms with Gasteiger partial charge in [0.1, 0.15) is 0 Å². The Hall–Kier alpha value is -0.120. The molecule has 13 heavy (non-hydrogen) atoms. The maximum absolute atomic E-state index is 9.06. The smallest absolute Gasteiger partial charge is 0.0624 e. The molecule has 0 aliphatic carbocycles. The second-order valence-corrected chi connectivity index (χ2v) is 4.25. The van der Waals surface area contributed by atoms with E-state index in [1.807, 2.05) is 0 Å². The number of likely N-dealkylation sites (tertiary alicyclic amines) is 1. The molecule has 0 amide bonds. The number of hydrogen-bond acceptors (Lipinski definition) is 3. The maximum atomic E-state index is 9.06. The van der Waals surface area contributed by atoms with Crippen molar-refractivity contribution in [3.8, 4) is 0 Å². The summed E-state index contributed by atoms with van der Waals surface area (Å²) in [4.78, 5) is 2.37. The Labute approximate surface area is 80.9 Å². The molecule has 0 aromatic heterocycles. The van der Waals surface area contributed by atoms with Crippen molar-refractivity contribution < 1.29 is 5.11 Å². The second kappa shape index (κ2) is 4.94. The Morgan fingerprint density at radius 1 is 1.46 bits per heavy atom. The van der Waals surface area contributed by atoms with E-state index in [-0.39, 0.29) is 12.1 Å². The number of unbranched alkanes of at least 4 members (excludes halogenated alkanes) is 2. The number of rotatable bonds is 5. The van der Waals surface area contributed by atoms with E-state index in [4.69, 9.17) is 10.8 Å². The molecule has 3 nitrogen and oxygen atoms in total. The minimum atomic E-state index is -0.313. The van der Waals surface area contributed by atoms with Crippen LogP contribution < -0.4 is 5.73 Å². The van der Waals surface area contributed by atoms with E-state index < -0.39 is 0 Å². The van der Waals surface area contributed by atoms with E-state index in [0.29, 0.717) is 0 Å². The van der Waals surface area contributed by atoms with Crippen molar-refractivity contribution in [2.45, 2.75) is 38.1 Å². The van der Waals surface area contributed by atoms with Crippen molar-refractivity contribution in [3.63, 3.8) is 0 Å². The minimum absolute atomic E-state index is 0.122. The van der Waals surface area contributed by atoms with Gasteiger partial charge in [0.05, 0.1) is 12.1 Å². The van der Waals surface area contributed by atoms with Gasteiger partial charge in [-0.05, 0) is 19.4 Å². The topological polar surface area (TPSA) is 49.5 Å². The van der Waals surface area contributed by atoms with Crippen molar-refractivity contribution >= 4 is 0 Å². The Bertz CT molecular complexity index is 152. The standard InChI is InChI=1S/C10H22N2O/c1-2-3-4-6-12-7-5-10(11,8-12)9-13/h13H,2-9,11H2,1H3. The molecule has 1 aliphatic rings. The van der Waals surface area contributed by atoms with Gasteiger partial charge in [-0.3, -0.25) is 0 Å². The summed E-state index contributed by atoms with van der Waals surface area (Å²) >= 11 is 0. The fourth-order valence-electron chi connectivity index (χ4n) is 1.89. The van der Waals surface area contributed by atoms with Crippen LogP contribution in [-0.2, 0) is 0 Å². The van der Waals surface area contributed by atoms with E-state index in [1.54, 1.807) is 0 Å². The Balaban J connectivity index is 2.17. The first-order valence-electron chi connectivity index (χ1n) is 5.32. The van der Waals surface area contributed by atoms with Crippen LogP contribution in [0, 0.1) is 0 Å². The number of hydrogen-bond donors (Lipinski definition) is 2. The van der Waals surface area contributed by atoms with Gasteiger partial charge in [-0.2, -0.15) is 0 Å². The summed E-state index contributed by atoms with van der Waals surface area (Å²) in [7, 11) is 0. The summed E-state index contributed by atoms with van der Waals surface area (Å²) in [5, 5.41) is 9.06. The lowest BCUT2D eigenvalue weighted by atomic mass is 10.0. The van der Waals surface area contributed by atoms with E-state index in [2.05, 4.69) is 11.8 Å². The molecule has 1 fully saturated rings.